The topological polar surface area (TPSA) is 63.8 Å². The van der Waals surface area contributed by atoms with Crippen molar-refractivity contribution < 1.29 is 4.39 Å². The van der Waals surface area contributed by atoms with Crippen molar-refractivity contribution in [3.05, 3.63) is 57.8 Å². The monoisotopic (exact) mass is 324 g/mol. The number of aromatic nitrogens is 2. The van der Waals surface area contributed by atoms with Crippen LogP contribution in [0.1, 0.15) is 23.1 Å². The van der Waals surface area contributed by atoms with Crippen LogP contribution in [0.4, 0.5) is 4.39 Å². The Balaban J connectivity index is 2.21. The fraction of sp³-hybridized carbons (Fsp3) is 0.231. The average Bonchev–Trinajstić information content (AvgIpc) is 2.40. The van der Waals surface area contributed by atoms with E-state index in [1.807, 2.05) is 13.0 Å². The van der Waals surface area contributed by atoms with Crippen LogP contribution in [0, 0.1) is 12.7 Å². The number of nitrogens with one attached hydrogen (secondary N) is 1. The zero-order valence-electron chi connectivity index (χ0n) is 10.4. The highest BCUT2D eigenvalue weighted by molar-refractivity contribution is 9.10. The first-order valence-corrected chi connectivity index (χ1v) is 6.59. The van der Waals surface area contributed by atoms with E-state index in [-0.39, 0.29) is 11.9 Å². The smallest absolute Gasteiger partial charge is 0.137 e. The van der Waals surface area contributed by atoms with E-state index in [0.717, 1.165) is 11.3 Å². The predicted molar refractivity (Wildman–Crippen MR) is 74.6 cm³/mol. The summed E-state index contributed by atoms with van der Waals surface area (Å²) < 4.78 is 13.6. The summed E-state index contributed by atoms with van der Waals surface area (Å²) in [4.78, 5) is 8.39. The minimum atomic E-state index is -0.279. The van der Waals surface area contributed by atoms with Crippen LogP contribution in [-0.2, 0) is 6.42 Å². The molecule has 100 valence electrons. The van der Waals surface area contributed by atoms with Gasteiger partial charge in [0.05, 0.1) is 16.2 Å². The molecule has 0 aliphatic carbocycles. The average molecular weight is 325 g/mol. The van der Waals surface area contributed by atoms with Gasteiger partial charge in [-0.25, -0.2) is 14.4 Å². The predicted octanol–water partition coefficient (Wildman–Crippen LogP) is 2.43. The summed E-state index contributed by atoms with van der Waals surface area (Å²) in [5.41, 5.74) is 4.51. The largest absolute Gasteiger partial charge is 0.271 e. The third-order valence-electron chi connectivity index (χ3n) is 2.78. The molecule has 6 heteroatoms. The molecule has 0 saturated carbocycles. The maximum atomic E-state index is 13.2. The second-order valence-electron chi connectivity index (χ2n) is 4.20. The van der Waals surface area contributed by atoms with E-state index in [1.54, 1.807) is 18.3 Å². The van der Waals surface area contributed by atoms with Crippen LogP contribution in [-0.4, -0.2) is 9.97 Å². The third kappa shape index (κ3) is 3.56. The molecular formula is C13H14BrFN4. The van der Waals surface area contributed by atoms with Crippen molar-refractivity contribution in [2.24, 2.45) is 5.84 Å². The van der Waals surface area contributed by atoms with E-state index < -0.39 is 0 Å². The van der Waals surface area contributed by atoms with E-state index in [0.29, 0.717) is 16.7 Å². The molecule has 1 heterocycles. The molecule has 0 aliphatic heterocycles. The molecule has 2 aromatic rings. The number of aryl methyl sites for hydroxylation is 1. The van der Waals surface area contributed by atoms with Crippen molar-refractivity contribution in [2.75, 3.05) is 0 Å². The van der Waals surface area contributed by atoms with Gasteiger partial charge in [0.25, 0.3) is 0 Å². The number of nitrogens with two attached hydrogens (primary N) is 1. The lowest BCUT2D eigenvalue weighted by molar-refractivity contribution is 0.534. The summed E-state index contributed by atoms with van der Waals surface area (Å²) in [5.74, 6) is 5.99. The first-order valence-electron chi connectivity index (χ1n) is 5.79. The van der Waals surface area contributed by atoms with Crippen LogP contribution >= 0.6 is 15.9 Å². The molecule has 0 spiro atoms. The van der Waals surface area contributed by atoms with E-state index in [4.69, 9.17) is 5.84 Å². The van der Waals surface area contributed by atoms with Gasteiger partial charge in [0.15, 0.2) is 0 Å². The second-order valence-corrected chi connectivity index (χ2v) is 5.05. The number of hydrazine groups is 1. The Labute approximate surface area is 119 Å². The third-order valence-corrected chi connectivity index (χ3v) is 3.39. The Hall–Kier alpha value is -1.37. The zero-order valence-corrected chi connectivity index (χ0v) is 12.0. The van der Waals surface area contributed by atoms with Gasteiger partial charge >= 0.3 is 0 Å². The molecule has 2 rings (SSSR count). The number of benzene rings is 1. The highest BCUT2D eigenvalue weighted by Crippen LogP contribution is 2.21. The molecule has 0 aliphatic rings. The first kappa shape index (κ1) is 14.0. The van der Waals surface area contributed by atoms with Crippen molar-refractivity contribution in [1.29, 1.82) is 0 Å². The van der Waals surface area contributed by atoms with Crippen LogP contribution in [0.5, 0.6) is 0 Å². The minimum Gasteiger partial charge on any atom is -0.271 e. The SMILES string of the molecule is Cc1nccc(C(Cc2ccc(F)c(Br)c2)NN)n1. The Bertz CT molecular complexity index is 576. The van der Waals surface area contributed by atoms with Crippen LogP contribution in [0.25, 0.3) is 0 Å². The molecule has 0 saturated heterocycles. The van der Waals surface area contributed by atoms with Gasteiger partial charge in [-0.15, -0.1) is 0 Å². The van der Waals surface area contributed by atoms with Crippen molar-refractivity contribution in [2.45, 2.75) is 19.4 Å². The highest BCUT2D eigenvalue weighted by Gasteiger charge is 2.13. The second kappa shape index (κ2) is 6.18. The summed E-state index contributed by atoms with van der Waals surface area (Å²) in [5, 5.41) is 0. The van der Waals surface area contributed by atoms with E-state index >= 15 is 0 Å². The summed E-state index contributed by atoms with van der Waals surface area (Å²) >= 11 is 3.17. The lowest BCUT2D eigenvalue weighted by Crippen LogP contribution is -2.30. The van der Waals surface area contributed by atoms with Crippen LogP contribution in [0.3, 0.4) is 0 Å². The Morgan fingerprint density at radius 1 is 1.42 bits per heavy atom. The molecule has 3 N–H and O–H groups in total. The molecule has 1 aromatic carbocycles. The van der Waals surface area contributed by atoms with Gasteiger partial charge in [-0.1, -0.05) is 6.07 Å². The number of halogens is 2. The summed E-state index contributed by atoms with van der Waals surface area (Å²) in [6.07, 6.45) is 2.31. The van der Waals surface area contributed by atoms with Gasteiger partial charge in [-0.05, 0) is 53.0 Å². The van der Waals surface area contributed by atoms with Crippen molar-refractivity contribution >= 4 is 15.9 Å². The normalized spacial score (nSPS) is 12.4. The van der Waals surface area contributed by atoms with Crippen LogP contribution < -0.4 is 11.3 Å². The van der Waals surface area contributed by atoms with E-state index in [1.165, 1.54) is 6.07 Å². The first-order chi connectivity index (χ1) is 9.10. The molecule has 0 radical (unpaired) electrons. The lowest BCUT2D eigenvalue weighted by atomic mass is 10.0. The van der Waals surface area contributed by atoms with Crippen LogP contribution in [0.15, 0.2) is 34.9 Å². The van der Waals surface area contributed by atoms with Gasteiger partial charge in [0.2, 0.25) is 0 Å². The van der Waals surface area contributed by atoms with Gasteiger partial charge in [-0.3, -0.25) is 11.3 Å². The Morgan fingerprint density at radius 3 is 2.84 bits per heavy atom. The molecule has 0 fully saturated rings. The van der Waals surface area contributed by atoms with E-state index in [9.17, 15) is 4.39 Å². The molecule has 0 amide bonds. The molecular weight excluding hydrogens is 311 g/mol. The minimum absolute atomic E-state index is 0.140. The maximum absolute atomic E-state index is 13.2. The number of rotatable bonds is 4. The van der Waals surface area contributed by atoms with Crippen molar-refractivity contribution in [3.63, 3.8) is 0 Å². The number of hydrogen-bond donors (Lipinski definition) is 2. The summed E-state index contributed by atoms with van der Waals surface area (Å²) in [7, 11) is 0. The standard InChI is InChI=1S/C13H14BrFN4/c1-8-17-5-4-12(18-8)13(19-16)7-9-2-3-11(15)10(14)6-9/h2-6,13,19H,7,16H2,1H3. The molecule has 1 unspecified atom stereocenters. The maximum Gasteiger partial charge on any atom is 0.137 e. The molecule has 19 heavy (non-hydrogen) atoms. The molecule has 1 aromatic heterocycles. The van der Waals surface area contributed by atoms with E-state index in [2.05, 4.69) is 31.3 Å². The van der Waals surface area contributed by atoms with Crippen LogP contribution in [0.2, 0.25) is 0 Å². The highest BCUT2D eigenvalue weighted by atomic mass is 79.9. The van der Waals surface area contributed by atoms with Gasteiger partial charge in [0, 0.05) is 6.20 Å². The number of hydrogen-bond acceptors (Lipinski definition) is 4. The summed E-state index contributed by atoms with van der Waals surface area (Å²) in [6.45, 7) is 1.82. The lowest BCUT2D eigenvalue weighted by Gasteiger charge is -2.16. The fourth-order valence-electron chi connectivity index (χ4n) is 1.82. The van der Waals surface area contributed by atoms with Gasteiger partial charge < -0.3 is 0 Å². The number of nitrogens with zero attached hydrogens (tertiary/aromatic N) is 2. The zero-order chi connectivity index (χ0) is 13.8. The van der Waals surface area contributed by atoms with Gasteiger partial charge in [-0.2, -0.15) is 0 Å². The Kier molecular flexibility index (Phi) is 4.57. The quantitative estimate of drug-likeness (QED) is 0.669. The Morgan fingerprint density at radius 2 is 2.21 bits per heavy atom. The van der Waals surface area contributed by atoms with Crippen molar-refractivity contribution in [3.8, 4) is 0 Å². The fourth-order valence-corrected chi connectivity index (χ4v) is 2.25. The molecule has 0 bridgehead atoms. The van der Waals surface area contributed by atoms with Gasteiger partial charge in [0.1, 0.15) is 11.6 Å². The summed E-state index contributed by atoms with van der Waals surface area (Å²) in [6, 6.07) is 6.58. The molecule has 4 nitrogen and oxygen atoms in total. The van der Waals surface area contributed by atoms with Crippen molar-refractivity contribution in [1.82, 2.24) is 15.4 Å². The molecule has 1 atom stereocenters.